The van der Waals surface area contributed by atoms with E-state index in [0.717, 1.165) is 11.1 Å². The number of benzene rings is 2. The van der Waals surface area contributed by atoms with Gasteiger partial charge in [-0.2, -0.15) is 5.10 Å². The topological polar surface area (TPSA) is 85.7 Å². The highest BCUT2D eigenvalue weighted by molar-refractivity contribution is 5.95. The van der Waals surface area contributed by atoms with Gasteiger partial charge in [0.25, 0.3) is 5.91 Å². The molecule has 0 atom stereocenters. The summed E-state index contributed by atoms with van der Waals surface area (Å²) in [6, 6.07) is 16.9. The van der Waals surface area contributed by atoms with Crippen LogP contribution in [0.25, 0.3) is 0 Å². The number of nitrogens with zero attached hydrogens (tertiary/aromatic N) is 3. The summed E-state index contributed by atoms with van der Waals surface area (Å²) in [5, 5.41) is 7.10. The number of aryl methyl sites for hydroxylation is 2. The molecular weight excluding hydrogens is 408 g/mol. The first kappa shape index (κ1) is 22.9. The fraction of sp³-hybridized carbons (Fsp3) is 0.292. The van der Waals surface area contributed by atoms with Crippen LogP contribution >= 0.6 is 0 Å². The van der Waals surface area contributed by atoms with Gasteiger partial charge >= 0.3 is 0 Å². The van der Waals surface area contributed by atoms with Gasteiger partial charge in [0, 0.05) is 33.1 Å². The number of ether oxygens (including phenoxy) is 2. The third-order valence-electron chi connectivity index (χ3n) is 5.06. The van der Waals surface area contributed by atoms with Gasteiger partial charge in [0.15, 0.2) is 17.2 Å². The number of hydrogen-bond donors (Lipinski definition) is 1. The van der Waals surface area contributed by atoms with Crippen molar-refractivity contribution in [2.45, 2.75) is 19.4 Å². The number of rotatable bonds is 9. The summed E-state index contributed by atoms with van der Waals surface area (Å²) in [7, 11) is 6.54. The van der Waals surface area contributed by atoms with Crippen LogP contribution in [0.4, 0.5) is 5.82 Å². The summed E-state index contributed by atoms with van der Waals surface area (Å²) >= 11 is 0. The van der Waals surface area contributed by atoms with Crippen molar-refractivity contribution in [3.63, 3.8) is 0 Å². The normalized spacial score (nSPS) is 10.5. The van der Waals surface area contributed by atoms with E-state index in [1.165, 1.54) is 4.68 Å². The van der Waals surface area contributed by atoms with Crippen LogP contribution in [0, 0.1) is 0 Å². The van der Waals surface area contributed by atoms with Crippen molar-refractivity contribution in [2.24, 2.45) is 7.05 Å². The number of aromatic nitrogens is 2. The van der Waals surface area contributed by atoms with Gasteiger partial charge in [-0.05, 0) is 29.7 Å². The molecule has 1 aromatic heterocycles. The van der Waals surface area contributed by atoms with Gasteiger partial charge in [-0.3, -0.25) is 14.3 Å². The molecular formula is C24H28N4O4. The number of carbonyl (C=O) groups excluding carboxylic acids is 2. The minimum atomic E-state index is -0.250. The second-order valence-corrected chi connectivity index (χ2v) is 7.42. The lowest BCUT2D eigenvalue weighted by atomic mass is 10.1. The zero-order valence-corrected chi connectivity index (χ0v) is 18.8. The SMILES string of the molecule is COc1ccc(CN(C)C(=O)c2cc(NC(=O)CCc3ccccc3)n(C)n2)cc1OC. The fourth-order valence-corrected chi connectivity index (χ4v) is 3.32. The van der Waals surface area contributed by atoms with Gasteiger partial charge in [-0.15, -0.1) is 0 Å². The monoisotopic (exact) mass is 436 g/mol. The third kappa shape index (κ3) is 5.66. The quantitative estimate of drug-likeness (QED) is 0.556. The molecule has 0 saturated heterocycles. The Morgan fingerprint density at radius 1 is 1.00 bits per heavy atom. The molecule has 0 unspecified atom stereocenters. The molecule has 32 heavy (non-hydrogen) atoms. The molecule has 0 fully saturated rings. The number of carbonyl (C=O) groups is 2. The Balaban J connectivity index is 1.61. The average Bonchev–Trinajstić information content (AvgIpc) is 3.17. The van der Waals surface area contributed by atoms with E-state index in [-0.39, 0.29) is 17.5 Å². The first-order valence-electron chi connectivity index (χ1n) is 10.3. The summed E-state index contributed by atoms with van der Waals surface area (Å²) in [5.74, 6) is 1.33. The molecule has 8 heteroatoms. The third-order valence-corrected chi connectivity index (χ3v) is 5.06. The van der Waals surface area contributed by atoms with Crippen LogP contribution in [0.2, 0.25) is 0 Å². The van der Waals surface area contributed by atoms with E-state index in [9.17, 15) is 9.59 Å². The van der Waals surface area contributed by atoms with Gasteiger partial charge in [0.05, 0.1) is 14.2 Å². The first-order chi connectivity index (χ1) is 15.4. The second-order valence-electron chi connectivity index (χ2n) is 7.42. The largest absolute Gasteiger partial charge is 0.493 e. The predicted molar refractivity (Wildman–Crippen MR) is 122 cm³/mol. The maximum absolute atomic E-state index is 12.9. The summed E-state index contributed by atoms with van der Waals surface area (Å²) in [4.78, 5) is 26.8. The van der Waals surface area contributed by atoms with Crippen LogP contribution < -0.4 is 14.8 Å². The molecule has 0 spiro atoms. The van der Waals surface area contributed by atoms with Crippen molar-refractivity contribution >= 4 is 17.6 Å². The number of hydrogen-bond acceptors (Lipinski definition) is 5. The molecule has 0 aliphatic rings. The number of amides is 2. The first-order valence-corrected chi connectivity index (χ1v) is 10.3. The van der Waals surface area contributed by atoms with E-state index < -0.39 is 0 Å². The van der Waals surface area contributed by atoms with Crippen molar-refractivity contribution in [3.05, 3.63) is 71.4 Å². The standard InChI is InChI=1S/C24H28N4O4/c1-27(16-18-10-12-20(31-3)21(14-18)32-4)24(30)19-15-22(28(2)26-19)25-23(29)13-11-17-8-6-5-7-9-17/h5-10,12,14-15H,11,13,16H2,1-4H3,(H,25,29). The summed E-state index contributed by atoms with van der Waals surface area (Å²) in [6.07, 6.45) is 0.988. The lowest BCUT2D eigenvalue weighted by molar-refractivity contribution is -0.116. The number of nitrogens with one attached hydrogen (secondary N) is 1. The Bertz CT molecular complexity index is 1080. The Labute approximate surface area is 187 Å². The molecule has 3 aromatic rings. The van der Waals surface area contributed by atoms with Crippen LogP contribution in [0.3, 0.4) is 0 Å². The number of methoxy groups -OCH3 is 2. The molecule has 2 aromatic carbocycles. The highest BCUT2D eigenvalue weighted by Gasteiger charge is 2.19. The molecule has 1 N–H and O–H groups in total. The Morgan fingerprint density at radius 3 is 2.41 bits per heavy atom. The van der Waals surface area contributed by atoms with E-state index in [2.05, 4.69) is 10.4 Å². The molecule has 3 rings (SSSR count). The summed E-state index contributed by atoms with van der Waals surface area (Å²) in [5.41, 5.74) is 2.25. The number of anilines is 1. The van der Waals surface area contributed by atoms with E-state index in [4.69, 9.17) is 9.47 Å². The van der Waals surface area contributed by atoms with Crippen LogP contribution in [0.1, 0.15) is 28.0 Å². The second kappa shape index (κ2) is 10.5. The lowest BCUT2D eigenvalue weighted by Crippen LogP contribution is -2.26. The van der Waals surface area contributed by atoms with Gasteiger partial charge in [0.1, 0.15) is 5.82 Å². The smallest absolute Gasteiger partial charge is 0.274 e. The van der Waals surface area contributed by atoms with Crippen molar-refractivity contribution in [2.75, 3.05) is 26.6 Å². The molecule has 0 bridgehead atoms. The molecule has 0 aliphatic carbocycles. The maximum atomic E-state index is 12.9. The lowest BCUT2D eigenvalue weighted by Gasteiger charge is -2.17. The van der Waals surface area contributed by atoms with E-state index in [1.807, 2.05) is 42.5 Å². The van der Waals surface area contributed by atoms with Gasteiger partial charge in [0.2, 0.25) is 5.91 Å². The zero-order valence-electron chi connectivity index (χ0n) is 18.8. The Morgan fingerprint density at radius 2 is 1.72 bits per heavy atom. The Hall–Kier alpha value is -3.81. The van der Waals surface area contributed by atoms with Gasteiger partial charge in [-0.1, -0.05) is 36.4 Å². The molecule has 2 amide bonds. The fourth-order valence-electron chi connectivity index (χ4n) is 3.32. The average molecular weight is 437 g/mol. The van der Waals surface area contributed by atoms with E-state index in [1.54, 1.807) is 45.3 Å². The molecule has 0 aliphatic heterocycles. The van der Waals surface area contributed by atoms with Crippen LogP contribution in [-0.2, 0) is 24.8 Å². The molecule has 1 heterocycles. The molecule has 0 radical (unpaired) electrons. The molecule has 168 valence electrons. The molecule has 0 saturated carbocycles. The zero-order chi connectivity index (χ0) is 23.1. The van der Waals surface area contributed by atoms with Crippen LogP contribution in [0.5, 0.6) is 11.5 Å². The van der Waals surface area contributed by atoms with Gasteiger partial charge in [-0.25, -0.2) is 0 Å². The van der Waals surface area contributed by atoms with Crippen LogP contribution in [0.15, 0.2) is 54.6 Å². The highest BCUT2D eigenvalue weighted by Crippen LogP contribution is 2.28. The van der Waals surface area contributed by atoms with Crippen molar-refractivity contribution < 1.29 is 19.1 Å². The van der Waals surface area contributed by atoms with Crippen molar-refractivity contribution in [1.29, 1.82) is 0 Å². The van der Waals surface area contributed by atoms with Crippen molar-refractivity contribution in [3.8, 4) is 11.5 Å². The molecule has 8 nitrogen and oxygen atoms in total. The summed E-state index contributed by atoms with van der Waals surface area (Å²) < 4.78 is 12.1. The highest BCUT2D eigenvalue weighted by atomic mass is 16.5. The van der Waals surface area contributed by atoms with E-state index >= 15 is 0 Å². The maximum Gasteiger partial charge on any atom is 0.274 e. The van der Waals surface area contributed by atoms with Crippen LogP contribution in [-0.4, -0.2) is 47.8 Å². The summed E-state index contributed by atoms with van der Waals surface area (Å²) in [6.45, 7) is 0.370. The predicted octanol–water partition coefficient (Wildman–Crippen LogP) is 3.28. The minimum Gasteiger partial charge on any atom is -0.493 e. The minimum absolute atomic E-state index is 0.130. The van der Waals surface area contributed by atoms with Crippen molar-refractivity contribution in [1.82, 2.24) is 14.7 Å². The van der Waals surface area contributed by atoms with Gasteiger partial charge < -0.3 is 19.7 Å². The Kier molecular flexibility index (Phi) is 7.49. The van der Waals surface area contributed by atoms with E-state index in [0.29, 0.717) is 36.7 Å².